The van der Waals surface area contributed by atoms with E-state index in [9.17, 15) is 0 Å². The number of hydrogen-bond acceptors (Lipinski definition) is 5. The van der Waals surface area contributed by atoms with Crippen LogP contribution in [-0.4, -0.2) is 29.8 Å². The summed E-state index contributed by atoms with van der Waals surface area (Å²) in [7, 11) is 0. The van der Waals surface area contributed by atoms with E-state index in [1.54, 1.807) is 16.9 Å². The standard InChI is InChI=1S/C10H8N6S/c1-6-9-12-8(7-2-4-11-5-3-7)15-16(9)10(17)14-13-6/h2-5H,1H3,(H,14,17). The van der Waals surface area contributed by atoms with Gasteiger partial charge < -0.3 is 0 Å². The van der Waals surface area contributed by atoms with Crippen molar-refractivity contribution in [3.8, 4) is 11.4 Å². The minimum Gasteiger partial charge on any atom is -0.265 e. The molecule has 7 heteroatoms. The second kappa shape index (κ2) is 3.70. The molecule has 0 aliphatic heterocycles. The van der Waals surface area contributed by atoms with Gasteiger partial charge in [0.05, 0.1) is 0 Å². The SMILES string of the molecule is Cc1n[nH]c(=S)n2nc(-c3ccncc3)nc12. The van der Waals surface area contributed by atoms with Crippen LogP contribution in [0.4, 0.5) is 0 Å². The van der Waals surface area contributed by atoms with Crippen molar-refractivity contribution >= 4 is 17.9 Å². The highest BCUT2D eigenvalue weighted by Gasteiger charge is 2.09. The largest absolute Gasteiger partial charge is 0.265 e. The predicted octanol–water partition coefficient (Wildman–Crippen LogP) is 1.55. The topological polar surface area (TPSA) is 71.8 Å². The van der Waals surface area contributed by atoms with E-state index in [-0.39, 0.29) is 0 Å². The minimum absolute atomic E-state index is 0.429. The molecule has 17 heavy (non-hydrogen) atoms. The van der Waals surface area contributed by atoms with Gasteiger partial charge in [0.25, 0.3) is 0 Å². The second-order valence-electron chi connectivity index (χ2n) is 3.52. The Kier molecular flexibility index (Phi) is 2.19. The van der Waals surface area contributed by atoms with Gasteiger partial charge in [-0.15, -0.1) is 5.10 Å². The lowest BCUT2D eigenvalue weighted by Crippen LogP contribution is -1.98. The Bertz CT molecular complexity index is 729. The van der Waals surface area contributed by atoms with Gasteiger partial charge in [0.2, 0.25) is 4.77 Å². The number of fused-ring (bicyclic) bond motifs is 1. The number of pyridine rings is 1. The van der Waals surface area contributed by atoms with Gasteiger partial charge in [-0.25, -0.2) is 4.98 Å². The zero-order valence-electron chi connectivity index (χ0n) is 8.95. The molecule has 0 atom stereocenters. The van der Waals surface area contributed by atoms with Crippen molar-refractivity contribution in [3.05, 3.63) is 35.0 Å². The van der Waals surface area contributed by atoms with E-state index in [1.807, 2.05) is 19.1 Å². The summed E-state index contributed by atoms with van der Waals surface area (Å²) in [5, 5.41) is 11.1. The number of aromatic nitrogens is 6. The Hall–Kier alpha value is -2.15. The summed E-state index contributed by atoms with van der Waals surface area (Å²) in [5.74, 6) is 0.614. The van der Waals surface area contributed by atoms with Crippen LogP contribution in [0.2, 0.25) is 0 Å². The molecule has 3 aromatic rings. The van der Waals surface area contributed by atoms with Crippen molar-refractivity contribution in [3.63, 3.8) is 0 Å². The van der Waals surface area contributed by atoms with Gasteiger partial charge in [0, 0.05) is 18.0 Å². The Labute approximate surface area is 101 Å². The Morgan fingerprint density at radius 3 is 2.76 bits per heavy atom. The molecule has 1 N–H and O–H groups in total. The Balaban J connectivity index is 2.31. The molecule has 0 spiro atoms. The van der Waals surface area contributed by atoms with Crippen molar-refractivity contribution in [2.45, 2.75) is 6.92 Å². The summed E-state index contributed by atoms with van der Waals surface area (Å²) in [4.78, 5) is 8.38. The Morgan fingerprint density at radius 1 is 1.29 bits per heavy atom. The number of aryl methyl sites for hydroxylation is 1. The first-order chi connectivity index (χ1) is 8.25. The molecule has 0 amide bonds. The van der Waals surface area contributed by atoms with Gasteiger partial charge in [-0.2, -0.15) is 9.61 Å². The van der Waals surface area contributed by atoms with Crippen molar-refractivity contribution < 1.29 is 0 Å². The monoisotopic (exact) mass is 244 g/mol. The molecular formula is C10H8N6S. The van der Waals surface area contributed by atoms with E-state index in [4.69, 9.17) is 12.2 Å². The third-order valence-electron chi connectivity index (χ3n) is 2.38. The summed E-state index contributed by atoms with van der Waals surface area (Å²) >= 11 is 5.11. The van der Waals surface area contributed by atoms with E-state index in [2.05, 4.69) is 25.3 Å². The van der Waals surface area contributed by atoms with E-state index < -0.39 is 0 Å². The van der Waals surface area contributed by atoms with Gasteiger partial charge >= 0.3 is 0 Å². The third kappa shape index (κ3) is 1.60. The molecule has 0 aliphatic rings. The normalized spacial score (nSPS) is 10.9. The molecule has 3 rings (SSSR count). The van der Waals surface area contributed by atoms with E-state index in [1.165, 1.54) is 0 Å². The summed E-state index contributed by atoms with van der Waals surface area (Å²) in [5.41, 5.74) is 2.32. The van der Waals surface area contributed by atoms with Crippen LogP contribution in [0.5, 0.6) is 0 Å². The molecule has 0 aliphatic carbocycles. The fraction of sp³-hybridized carbons (Fsp3) is 0.100. The van der Waals surface area contributed by atoms with E-state index in [0.29, 0.717) is 16.2 Å². The van der Waals surface area contributed by atoms with Gasteiger partial charge in [0.1, 0.15) is 5.69 Å². The highest BCUT2D eigenvalue weighted by atomic mass is 32.1. The molecule has 0 saturated carbocycles. The number of rotatable bonds is 1. The quantitative estimate of drug-likeness (QED) is 0.657. The Morgan fingerprint density at radius 2 is 2.06 bits per heavy atom. The van der Waals surface area contributed by atoms with Crippen LogP contribution in [0.1, 0.15) is 5.69 Å². The lowest BCUT2D eigenvalue weighted by molar-refractivity contribution is 0.826. The third-order valence-corrected chi connectivity index (χ3v) is 2.65. The average molecular weight is 244 g/mol. The molecule has 0 bridgehead atoms. The lowest BCUT2D eigenvalue weighted by Gasteiger charge is -1.92. The lowest BCUT2D eigenvalue weighted by atomic mass is 10.2. The van der Waals surface area contributed by atoms with Gasteiger partial charge in [0.15, 0.2) is 11.5 Å². The van der Waals surface area contributed by atoms with Gasteiger partial charge in [-0.05, 0) is 31.3 Å². The van der Waals surface area contributed by atoms with E-state index >= 15 is 0 Å². The molecule has 84 valence electrons. The maximum atomic E-state index is 5.11. The number of aromatic amines is 1. The first-order valence-electron chi connectivity index (χ1n) is 4.98. The predicted molar refractivity (Wildman–Crippen MR) is 63.9 cm³/mol. The first kappa shape index (κ1) is 10.0. The minimum atomic E-state index is 0.429. The molecule has 0 unspecified atom stereocenters. The highest BCUT2D eigenvalue weighted by molar-refractivity contribution is 7.71. The van der Waals surface area contributed by atoms with Crippen molar-refractivity contribution in [1.82, 2.24) is 29.8 Å². The van der Waals surface area contributed by atoms with Crippen LogP contribution in [0.25, 0.3) is 17.0 Å². The zero-order chi connectivity index (χ0) is 11.8. The number of H-pyrrole nitrogens is 1. The van der Waals surface area contributed by atoms with E-state index in [0.717, 1.165) is 11.3 Å². The molecule has 0 fully saturated rings. The maximum absolute atomic E-state index is 5.11. The number of nitrogens with one attached hydrogen (secondary N) is 1. The second-order valence-corrected chi connectivity index (χ2v) is 3.91. The highest BCUT2D eigenvalue weighted by Crippen LogP contribution is 2.15. The van der Waals surface area contributed by atoms with Gasteiger partial charge in [-0.1, -0.05) is 0 Å². The van der Waals surface area contributed by atoms with Crippen LogP contribution in [-0.2, 0) is 0 Å². The summed E-state index contributed by atoms with van der Waals surface area (Å²) in [6.07, 6.45) is 3.40. The van der Waals surface area contributed by atoms with Crippen LogP contribution in [0.3, 0.4) is 0 Å². The molecule has 6 nitrogen and oxygen atoms in total. The summed E-state index contributed by atoms with van der Waals surface area (Å²) < 4.78 is 2.01. The smallest absolute Gasteiger partial charge is 0.216 e. The average Bonchev–Trinajstić information content (AvgIpc) is 2.81. The van der Waals surface area contributed by atoms with Crippen LogP contribution in [0, 0.1) is 11.7 Å². The number of nitrogens with zero attached hydrogens (tertiary/aromatic N) is 5. The zero-order valence-corrected chi connectivity index (χ0v) is 9.77. The van der Waals surface area contributed by atoms with Crippen molar-refractivity contribution in [2.24, 2.45) is 0 Å². The molecule has 0 aromatic carbocycles. The molecule has 3 heterocycles. The van der Waals surface area contributed by atoms with Crippen LogP contribution >= 0.6 is 12.2 Å². The fourth-order valence-corrected chi connectivity index (χ4v) is 1.71. The maximum Gasteiger partial charge on any atom is 0.216 e. The molecule has 0 saturated heterocycles. The fourth-order valence-electron chi connectivity index (χ4n) is 1.54. The van der Waals surface area contributed by atoms with Gasteiger partial charge in [-0.3, -0.25) is 10.1 Å². The summed E-state index contributed by atoms with van der Waals surface area (Å²) in [6, 6.07) is 3.70. The van der Waals surface area contributed by atoms with Crippen LogP contribution < -0.4 is 0 Å². The van der Waals surface area contributed by atoms with Crippen molar-refractivity contribution in [1.29, 1.82) is 0 Å². The molecule has 3 aromatic heterocycles. The molecular weight excluding hydrogens is 236 g/mol. The summed E-state index contributed by atoms with van der Waals surface area (Å²) in [6.45, 7) is 1.85. The molecule has 0 radical (unpaired) electrons. The first-order valence-corrected chi connectivity index (χ1v) is 5.39. The van der Waals surface area contributed by atoms with Crippen molar-refractivity contribution in [2.75, 3.05) is 0 Å². The van der Waals surface area contributed by atoms with Crippen LogP contribution in [0.15, 0.2) is 24.5 Å². The number of hydrogen-bond donors (Lipinski definition) is 1.